The van der Waals surface area contributed by atoms with Crippen LogP contribution in [0.25, 0.3) is 21.9 Å². The van der Waals surface area contributed by atoms with Crippen LogP contribution in [0.2, 0.25) is 10.0 Å². The molecule has 0 fully saturated rings. The van der Waals surface area contributed by atoms with Gasteiger partial charge in [0.15, 0.2) is 5.78 Å². The number of ketones is 1. The first-order valence-corrected chi connectivity index (χ1v) is 13.4. The van der Waals surface area contributed by atoms with Crippen LogP contribution in [0.5, 0.6) is 23.0 Å². The number of carbonyl (C=O) groups excluding carboxylic acids is 1. The standard InChI is InChI=1S/C35H22Cl2O3/c36-28-11-19-34(37)33(22-28)35(38)24-8-12-29(13-9-24)39-30-15-17-31(18-16-30)40-32-14-10-26-20-25(6-7-27(26)21-32)23-4-2-1-3-5-23/h1-22H. The van der Waals surface area contributed by atoms with E-state index < -0.39 is 0 Å². The predicted octanol–water partition coefficient (Wildman–Crippen LogP) is 10.6. The van der Waals surface area contributed by atoms with E-state index in [4.69, 9.17) is 32.7 Å². The van der Waals surface area contributed by atoms with Crippen molar-refractivity contribution < 1.29 is 14.3 Å². The van der Waals surface area contributed by atoms with E-state index in [1.54, 1.807) is 42.5 Å². The third-order valence-corrected chi connectivity index (χ3v) is 7.07. The summed E-state index contributed by atoms with van der Waals surface area (Å²) in [4.78, 5) is 12.8. The van der Waals surface area contributed by atoms with Crippen molar-refractivity contribution in [1.29, 1.82) is 0 Å². The Kier molecular flexibility index (Phi) is 7.24. The fourth-order valence-corrected chi connectivity index (χ4v) is 4.82. The van der Waals surface area contributed by atoms with Gasteiger partial charge < -0.3 is 9.47 Å². The number of halogens is 2. The Bertz CT molecular complexity index is 1810. The first-order valence-electron chi connectivity index (χ1n) is 12.7. The molecule has 0 aliphatic carbocycles. The molecular weight excluding hydrogens is 539 g/mol. The molecule has 3 nitrogen and oxygen atoms in total. The van der Waals surface area contributed by atoms with Crippen molar-refractivity contribution in [2.75, 3.05) is 0 Å². The fraction of sp³-hybridized carbons (Fsp3) is 0. The van der Waals surface area contributed by atoms with Gasteiger partial charge in [0.2, 0.25) is 0 Å². The Morgan fingerprint density at radius 1 is 0.500 bits per heavy atom. The van der Waals surface area contributed by atoms with Crippen molar-refractivity contribution in [3.63, 3.8) is 0 Å². The van der Waals surface area contributed by atoms with Crippen molar-refractivity contribution in [3.8, 4) is 34.1 Å². The zero-order valence-corrected chi connectivity index (χ0v) is 22.7. The molecule has 0 spiro atoms. The van der Waals surface area contributed by atoms with Gasteiger partial charge in [-0.1, -0.05) is 71.7 Å². The molecule has 0 aromatic heterocycles. The lowest BCUT2D eigenvalue weighted by Crippen LogP contribution is -2.02. The fourth-order valence-electron chi connectivity index (χ4n) is 4.45. The van der Waals surface area contributed by atoms with Gasteiger partial charge in [-0.3, -0.25) is 4.79 Å². The van der Waals surface area contributed by atoms with Crippen molar-refractivity contribution in [3.05, 3.63) is 155 Å². The third-order valence-electron chi connectivity index (χ3n) is 6.50. The predicted molar refractivity (Wildman–Crippen MR) is 162 cm³/mol. The van der Waals surface area contributed by atoms with Gasteiger partial charge in [0.05, 0.1) is 5.02 Å². The molecule has 6 aromatic carbocycles. The highest BCUT2D eigenvalue weighted by Gasteiger charge is 2.14. The zero-order chi connectivity index (χ0) is 27.5. The number of hydrogen-bond acceptors (Lipinski definition) is 3. The quantitative estimate of drug-likeness (QED) is 0.182. The zero-order valence-electron chi connectivity index (χ0n) is 21.2. The number of benzene rings is 6. The molecule has 0 aliphatic rings. The van der Waals surface area contributed by atoms with Crippen molar-refractivity contribution >= 4 is 39.8 Å². The van der Waals surface area contributed by atoms with Gasteiger partial charge >= 0.3 is 0 Å². The smallest absolute Gasteiger partial charge is 0.194 e. The SMILES string of the molecule is O=C(c1ccc(Oc2ccc(Oc3ccc4cc(-c5ccccc5)ccc4c3)cc2)cc1)c1cc(Cl)ccc1Cl. The Balaban J connectivity index is 1.11. The lowest BCUT2D eigenvalue weighted by molar-refractivity contribution is 0.103. The molecule has 6 rings (SSSR count). The van der Waals surface area contributed by atoms with Gasteiger partial charge in [0.1, 0.15) is 23.0 Å². The van der Waals surface area contributed by atoms with Crippen LogP contribution in [-0.2, 0) is 0 Å². The first-order chi connectivity index (χ1) is 19.5. The molecule has 6 aromatic rings. The Morgan fingerprint density at radius 2 is 1.07 bits per heavy atom. The van der Waals surface area contributed by atoms with Crippen LogP contribution in [0.15, 0.2) is 133 Å². The van der Waals surface area contributed by atoms with E-state index in [1.807, 2.05) is 54.6 Å². The molecule has 0 radical (unpaired) electrons. The normalized spacial score (nSPS) is 10.8. The topological polar surface area (TPSA) is 35.5 Å². The molecule has 0 saturated heterocycles. The molecule has 0 atom stereocenters. The molecule has 0 bridgehead atoms. The number of rotatable bonds is 7. The molecule has 0 heterocycles. The summed E-state index contributed by atoms with van der Waals surface area (Å²) in [6, 6.07) is 42.0. The summed E-state index contributed by atoms with van der Waals surface area (Å²) < 4.78 is 12.1. The summed E-state index contributed by atoms with van der Waals surface area (Å²) in [7, 11) is 0. The van der Waals surface area contributed by atoms with Gasteiger partial charge in [0, 0.05) is 16.1 Å². The highest BCUT2D eigenvalue weighted by atomic mass is 35.5. The number of hydrogen-bond donors (Lipinski definition) is 0. The number of ether oxygens (including phenoxy) is 2. The Morgan fingerprint density at radius 3 is 1.77 bits per heavy atom. The molecule has 0 saturated carbocycles. The summed E-state index contributed by atoms with van der Waals surface area (Å²) in [6.45, 7) is 0. The molecular formula is C35H22Cl2O3. The van der Waals surface area contributed by atoms with Crippen molar-refractivity contribution in [2.45, 2.75) is 0 Å². The van der Waals surface area contributed by atoms with E-state index in [1.165, 1.54) is 11.1 Å². The second-order valence-electron chi connectivity index (χ2n) is 9.24. The second kappa shape index (κ2) is 11.3. The van der Waals surface area contributed by atoms with Gasteiger partial charge in [-0.25, -0.2) is 0 Å². The largest absolute Gasteiger partial charge is 0.457 e. The minimum absolute atomic E-state index is 0.203. The second-order valence-corrected chi connectivity index (χ2v) is 10.1. The number of fused-ring (bicyclic) bond motifs is 1. The van der Waals surface area contributed by atoms with Gasteiger partial charge in [-0.2, -0.15) is 0 Å². The van der Waals surface area contributed by atoms with Crippen LogP contribution in [-0.4, -0.2) is 5.78 Å². The molecule has 40 heavy (non-hydrogen) atoms. The maximum absolute atomic E-state index is 12.8. The van der Waals surface area contributed by atoms with E-state index in [9.17, 15) is 4.79 Å². The van der Waals surface area contributed by atoms with Gasteiger partial charge in [-0.15, -0.1) is 0 Å². The highest BCUT2D eigenvalue weighted by molar-refractivity contribution is 6.36. The number of carbonyl (C=O) groups is 1. The van der Waals surface area contributed by atoms with Gasteiger partial charge in [0.25, 0.3) is 0 Å². The lowest BCUT2D eigenvalue weighted by atomic mass is 10.0. The van der Waals surface area contributed by atoms with E-state index in [-0.39, 0.29) is 5.78 Å². The monoisotopic (exact) mass is 560 g/mol. The third kappa shape index (κ3) is 5.72. The maximum Gasteiger partial charge on any atom is 0.194 e. The van der Waals surface area contributed by atoms with Crippen LogP contribution in [0.4, 0.5) is 0 Å². The van der Waals surface area contributed by atoms with Crippen LogP contribution < -0.4 is 9.47 Å². The highest BCUT2D eigenvalue weighted by Crippen LogP contribution is 2.31. The van der Waals surface area contributed by atoms with Crippen LogP contribution in [0.1, 0.15) is 15.9 Å². The molecule has 194 valence electrons. The summed E-state index contributed by atoms with van der Waals surface area (Å²) in [6.07, 6.45) is 0. The minimum atomic E-state index is -0.203. The van der Waals surface area contributed by atoms with E-state index in [0.29, 0.717) is 38.4 Å². The van der Waals surface area contributed by atoms with Crippen LogP contribution >= 0.6 is 23.2 Å². The molecule has 0 N–H and O–H groups in total. The molecule has 0 amide bonds. The van der Waals surface area contributed by atoms with E-state index in [2.05, 4.69) is 36.4 Å². The van der Waals surface area contributed by atoms with Gasteiger partial charge in [-0.05, 0) is 107 Å². The average molecular weight is 561 g/mol. The van der Waals surface area contributed by atoms with Crippen LogP contribution in [0.3, 0.4) is 0 Å². The Hall–Kier alpha value is -4.57. The molecule has 0 aliphatic heterocycles. The summed E-state index contributed by atoms with van der Waals surface area (Å²) in [5.74, 6) is 2.51. The average Bonchev–Trinajstić information content (AvgIpc) is 2.99. The summed E-state index contributed by atoms with van der Waals surface area (Å²) in [5, 5.41) is 3.08. The molecule has 5 heteroatoms. The van der Waals surface area contributed by atoms with Crippen LogP contribution in [0, 0.1) is 0 Å². The van der Waals surface area contributed by atoms with E-state index >= 15 is 0 Å². The Labute approximate surface area is 242 Å². The van der Waals surface area contributed by atoms with Crippen molar-refractivity contribution in [2.24, 2.45) is 0 Å². The maximum atomic E-state index is 12.8. The summed E-state index contributed by atoms with van der Waals surface area (Å²) in [5.41, 5.74) is 3.23. The van der Waals surface area contributed by atoms with E-state index in [0.717, 1.165) is 16.5 Å². The lowest BCUT2D eigenvalue weighted by Gasteiger charge is -2.10. The summed E-state index contributed by atoms with van der Waals surface area (Å²) >= 11 is 12.2. The van der Waals surface area contributed by atoms with Crippen molar-refractivity contribution in [1.82, 2.24) is 0 Å². The molecule has 0 unspecified atom stereocenters. The minimum Gasteiger partial charge on any atom is -0.457 e. The first kappa shape index (κ1) is 25.7.